The van der Waals surface area contributed by atoms with Crippen LogP contribution < -0.4 is 9.64 Å². The summed E-state index contributed by atoms with van der Waals surface area (Å²) in [7, 11) is 0. The summed E-state index contributed by atoms with van der Waals surface area (Å²) in [6.45, 7) is 8.67. The number of benzene rings is 1. The minimum Gasteiger partial charge on any atom is -0.493 e. The van der Waals surface area contributed by atoms with Gasteiger partial charge in [0, 0.05) is 18.0 Å². The van der Waals surface area contributed by atoms with Crippen molar-refractivity contribution in [1.29, 1.82) is 0 Å². The highest BCUT2D eigenvalue weighted by molar-refractivity contribution is 7.11. The van der Waals surface area contributed by atoms with Gasteiger partial charge >= 0.3 is 0 Å². The van der Waals surface area contributed by atoms with Gasteiger partial charge < -0.3 is 9.64 Å². The molecule has 3 heterocycles. The summed E-state index contributed by atoms with van der Waals surface area (Å²) in [6.07, 6.45) is 2.06. The maximum absolute atomic E-state index is 13.5. The van der Waals surface area contributed by atoms with Gasteiger partial charge in [-0.3, -0.25) is 9.59 Å². The average molecular weight is 425 g/mol. The van der Waals surface area contributed by atoms with Crippen LogP contribution >= 0.6 is 11.3 Å². The fraction of sp³-hybridized carbons (Fsp3) is 0.417. The van der Waals surface area contributed by atoms with E-state index < -0.39 is 0 Å². The molecule has 1 aromatic heterocycles. The van der Waals surface area contributed by atoms with Crippen LogP contribution in [-0.4, -0.2) is 36.4 Å². The number of hydrogen-bond donors (Lipinski definition) is 0. The summed E-state index contributed by atoms with van der Waals surface area (Å²) >= 11 is 1.50. The molecule has 1 saturated heterocycles. The molecule has 2 aromatic rings. The molecule has 0 N–H and O–H groups in total. The second-order valence-electron chi connectivity index (χ2n) is 8.51. The first-order valence-electron chi connectivity index (χ1n) is 10.6. The minimum absolute atomic E-state index is 0.228. The van der Waals surface area contributed by atoms with Crippen LogP contribution in [0.15, 0.2) is 47.5 Å². The molecule has 2 aliphatic heterocycles. The largest absolute Gasteiger partial charge is 0.493 e. The number of likely N-dealkylation sites (tertiary alicyclic amines) is 1. The molecule has 1 aromatic carbocycles. The lowest BCUT2D eigenvalue weighted by Crippen LogP contribution is -2.38. The Balaban J connectivity index is 1.64. The van der Waals surface area contributed by atoms with Crippen LogP contribution in [0.4, 0.5) is 5.69 Å². The third-order valence-corrected chi connectivity index (χ3v) is 6.49. The fourth-order valence-corrected chi connectivity index (χ4v) is 4.64. The number of ether oxygens (including phenoxy) is 1. The Labute approximate surface area is 181 Å². The summed E-state index contributed by atoms with van der Waals surface area (Å²) in [6, 6.07) is 11.1. The number of hydrogen-bond acceptors (Lipinski definition) is 5. The van der Waals surface area contributed by atoms with Gasteiger partial charge in [0.25, 0.3) is 11.8 Å². The molecular formula is C24H28N2O3S. The van der Waals surface area contributed by atoms with Crippen molar-refractivity contribution < 1.29 is 14.3 Å². The monoisotopic (exact) mass is 424 g/mol. The van der Waals surface area contributed by atoms with Gasteiger partial charge in [-0.15, -0.1) is 11.3 Å². The number of imide groups is 1. The molecule has 0 atom stereocenters. The lowest BCUT2D eigenvalue weighted by molar-refractivity contribution is -0.120. The van der Waals surface area contributed by atoms with Crippen molar-refractivity contribution >= 4 is 34.4 Å². The van der Waals surface area contributed by atoms with Crippen molar-refractivity contribution in [3.8, 4) is 5.75 Å². The molecule has 30 heavy (non-hydrogen) atoms. The second-order valence-corrected chi connectivity index (χ2v) is 9.46. The molecule has 0 saturated carbocycles. The van der Waals surface area contributed by atoms with Crippen LogP contribution in [0.25, 0.3) is 5.57 Å². The van der Waals surface area contributed by atoms with E-state index in [9.17, 15) is 9.59 Å². The first kappa shape index (κ1) is 20.7. The van der Waals surface area contributed by atoms with Crippen molar-refractivity contribution in [2.45, 2.75) is 33.6 Å². The van der Waals surface area contributed by atoms with Crippen LogP contribution in [-0.2, 0) is 9.59 Å². The highest BCUT2D eigenvalue weighted by Crippen LogP contribution is 2.38. The molecule has 158 valence electrons. The van der Waals surface area contributed by atoms with Crippen LogP contribution in [0.3, 0.4) is 0 Å². The van der Waals surface area contributed by atoms with E-state index in [4.69, 9.17) is 4.74 Å². The molecule has 1 fully saturated rings. The molecular weight excluding hydrogens is 396 g/mol. The van der Waals surface area contributed by atoms with Crippen LogP contribution in [0.1, 0.15) is 38.5 Å². The van der Waals surface area contributed by atoms with E-state index in [1.54, 1.807) is 12.1 Å². The Morgan fingerprint density at radius 1 is 1.07 bits per heavy atom. The zero-order valence-corrected chi connectivity index (χ0v) is 18.6. The van der Waals surface area contributed by atoms with Gasteiger partial charge in [0.05, 0.1) is 17.9 Å². The second kappa shape index (κ2) is 8.64. The smallest absolute Gasteiger partial charge is 0.282 e. The van der Waals surface area contributed by atoms with Crippen molar-refractivity contribution in [2.24, 2.45) is 11.8 Å². The quantitative estimate of drug-likeness (QED) is 0.625. The van der Waals surface area contributed by atoms with E-state index in [1.165, 1.54) is 16.2 Å². The SMILES string of the molecule is CC(C)COc1ccc(N2C(=O)C(c3cccs3)=C(N3CCC(C)CC3)C2=O)cc1. The summed E-state index contributed by atoms with van der Waals surface area (Å²) in [5, 5.41) is 1.94. The molecule has 0 radical (unpaired) electrons. The number of thiophene rings is 1. The number of piperidine rings is 1. The zero-order valence-electron chi connectivity index (χ0n) is 17.8. The first-order chi connectivity index (χ1) is 14.5. The molecule has 0 unspecified atom stereocenters. The van der Waals surface area contributed by atoms with Gasteiger partial charge in [-0.25, -0.2) is 4.90 Å². The molecule has 0 aliphatic carbocycles. The minimum atomic E-state index is -0.244. The summed E-state index contributed by atoms with van der Waals surface area (Å²) in [5.74, 6) is 1.34. The van der Waals surface area contributed by atoms with Gasteiger partial charge in [-0.1, -0.05) is 26.8 Å². The van der Waals surface area contributed by atoms with E-state index in [1.807, 2.05) is 29.6 Å². The summed E-state index contributed by atoms with van der Waals surface area (Å²) in [5.41, 5.74) is 1.66. The zero-order chi connectivity index (χ0) is 21.3. The predicted octanol–water partition coefficient (Wildman–Crippen LogP) is 4.80. The lowest BCUT2D eigenvalue weighted by atomic mass is 9.98. The fourth-order valence-electron chi connectivity index (χ4n) is 3.88. The van der Waals surface area contributed by atoms with Gasteiger partial charge in [-0.05, 0) is 60.4 Å². The maximum Gasteiger partial charge on any atom is 0.282 e. The average Bonchev–Trinajstić information content (AvgIpc) is 3.34. The molecule has 5 nitrogen and oxygen atoms in total. The predicted molar refractivity (Wildman–Crippen MR) is 120 cm³/mol. The third-order valence-electron chi connectivity index (χ3n) is 5.61. The van der Waals surface area contributed by atoms with Crippen molar-refractivity contribution in [3.63, 3.8) is 0 Å². The molecule has 6 heteroatoms. The Kier molecular flexibility index (Phi) is 5.95. The van der Waals surface area contributed by atoms with Crippen molar-refractivity contribution in [1.82, 2.24) is 4.90 Å². The Bertz CT molecular complexity index is 939. The topological polar surface area (TPSA) is 49.9 Å². The number of anilines is 1. The van der Waals surface area contributed by atoms with E-state index in [-0.39, 0.29) is 11.8 Å². The first-order valence-corrected chi connectivity index (χ1v) is 11.5. The van der Waals surface area contributed by atoms with Gasteiger partial charge in [0.15, 0.2) is 0 Å². The van der Waals surface area contributed by atoms with Gasteiger partial charge in [-0.2, -0.15) is 0 Å². The molecule has 2 amide bonds. The van der Waals surface area contributed by atoms with Crippen LogP contribution in [0.2, 0.25) is 0 Å². The van der Waals surface area contributed by atoms with E-state index >= 15 is 0 Å². The summed E-state index contributed by atoms with van der Waals surface area (Å²) in [4.78, 5) is 31.2. The number of amides is 2. The third kappa shape index (κ3) is 4.01. The number of carbonyl (C=O) groups is 2. The van der Waals surface area contributed by atoms with Crippen LogP contribution in [0, 0.1) is 11.8 Å². The van der Waals surface area contributed by atoms with E-state index in [0.29, 0.717) is 35.4 Å². The van der Waals surface area contributed by atoms with E-state index in [0.717, 1.165) is 36.6 Å². The van der Waals surface area contributed by atoms with Gasteiger partial charge in [0.1, 0.15) is 11.4 Å². The van der Waals surface area contributed by atoms with E-state index in [2.05, 4.69) is 25.7 Å². The number of rotatable bonds is 6. The lowest BCUT2D eigenvalue weighted by Gasteiger charge is -2.32. The molecule has 0 spiro atoms. The molecule has 0 bridgehead atoms. The van der Waals surface area contributed by atoms with Gasteiger partial charge in [0.2, 0.25) is 0 Å². The molecule has 2 aliphatic rings. The highest BCUT2D eigenvalue weighted by Gasteiger charge is 2.43. The highest BCUT2D eigenvalue weighted by atomic mass is 32.1. The van der Waals surface area contributed by atoms with Crippen molar-refractivity contribution in [2.75, 3.05) is 24.6 Å². The Morgan fingerprint density at radius 2 is 1.77 bits per heavy atom. The Hall–Kier alpha value is -2.60. The van der Waals surface area contributed by atoms with Crippen LogP contribution in [0.5, 0.6) is 5.75 Å². The number of carbonyl (C=O) groups excluding carboxylic acids is 2. The standard InChI is InChI=1S/C24H28N2O3S/c1-16(2)15-29-19-8-6-18(7-9-19)26-23(27)21(20-5-4-14-30-20)22(24(26)28)25-12-10-17(3)11-13-25/h4-9,14,16-17H,10-13,15H2,1-3H3. The summed E-state index contributed by atoms with van der Waals surface area (Å²) < 4.78 is 5.74. The normalized spacial score (nSPS) is 18.1. The Morgan fingerprint density at radius 3 is 2.37 bits per heavy atom. The number of nitrogens with zero attached hydrogens (tertiary/aromatic N) is 2. The molecule has 4 rings (SSSR count). The van der Waals surface area contributed by atoms with Crippen molar-refractivity contribution in [3.05, 3.63) is 52.4 Å². The maximum atomic E-state index is 13.5.